The molecule has 2 N–H and O–H groups in total. The zero-order valence-electron chi connectivity index (χ0n) is 6.30. The van der Waals surface area contributed by atoms with Gasteiger partial charge in [-0.15, -0.1) is 0 Å². The van der Waals surface area contributed by atoms with Gasteiger partial charge in [-0.05, 0) is 12.8 Å². The molecule has 0 aromatic carbocycles. The fraction of sp³-hybridized carbons (Fsp3) is 0.857. The molecule has 2 aliphatic rings. The molecule has 2 amide bonds. The van der Waals surface area contributed by atoms with E-state index in [1.54, 1.807) is 0 Å². The van der Waals surface area contributed by atoms with Crippen LogP contribution in [0.25, 0.3) is 0 Å². The van der Waals surface area contributed by atoms with Gasteiger partial charge in [0.15, 0.2) is 0 Å². The van der Waals surface area contributed by atoms with Crippen LogP contribution in [0.3, 0.4) is 0 Å². The van der Waals surface area contributed by atoms with Crippen molar-refractivity contribution in [3.05, 3.63) is 0 Å². The van der Waals surface area contributed by atoms with Gasteiger partial charge in [0.1, 0.15) is 0 Å². The second-order valence-corrected chi connectivity index (χ2v) is 3.13. The summed E-state index contributed by atoms with van der Waals surface area (Å²) in [7, 11) is 0. The van der Waals surface area contributed by atoms with Crippen molar-refractivity contribution in [1.82, 2.24) is 10.6 Å². The molecule has 0 atom stereocenters. The Morgan fingerprint density at radius 3 is 2.27 bits per heavy atom. The molecule has 62 valence electrons. The summed E-state index contributed by atoms with van der Waals surface area (Å²) >= 11 is 0. The van der Waals surface area contributed by atoms with E-state index in [9.17, 15) is 4.79 Å². The number of nitrogens with one attached hydrogen (secondary N) is 2. The summed E-state index contributed by atoms with van der Waals surface area (Å²) < 4.78 is 4.91. The third-order valence-electron chi connectivity index (χ3n) is 1.89. The SMILES string of the molecule is O=C(NC1CC1)NC1COC1. The van der Waals surface area contributed by atoms with Crippen LogP contribution in [0.1, 0.15) is 12.8 Å². The molecule has 0 aromatic rings. The second kappa shape index (κ2) is 2.70. The predicted molar refractivity (Wildman–Crippen MR) is 39.3 cm³/mol. The Bertz CT molecular complexity index is 164. The first-order valence-electron chi connectivity index (χ1n) is 3.99. The lowest BCUT2D eigenvalue weighted by Crippen LogP contribution is -2.52. The summed E-state index contributed by atoms with van der Waals surface area (Å²) in [6.45, 7) is 1.33. The minimum atomic E-state index is -0.0409. The maximum Gasteiger partial charge on any atom is 0.315 e. The highest BCUT2D eigenvalue weighted by Crippen LogP contribution is 2.18. The van der Waals surface area contributed by atoms with E-state index in [0.717, 1.165) is 12.8 Å². The highest BCUT2D eigenvalue weighted by atomic mass is 16.5. The van der Waals surface area contributed by atoms with Crippen molar-refractivity contribution < 1.29 is 9.53 Å². The first-order chi connectivity index (χ1) is 5.34. The molecule has 0 bridgehead atoms. The maximum absolute atomic E-state index is 11.0. The molecule has 4 nitrogen and oxygen atoms in total. The first-order valence-corrected chi connectivity index (χ1v) is 3.99. The van der Waals surface area contributed by atoms with Gasteiger partial charge in [0.05, 0.1) is 19.3 Å². The fourth-order valence-electron chi connectivity index (χ4n) is 0.959. The van der Waals surface area contributed by atoms with Gasteiger partial charge in [0.25, 0.3) is 0 Å². The van der Waals surface area contributed by atoms with E-state index >= 15 is 0 Å². The Kier molecular flexibility index (Phi) is 1.69. The van der Waals surface area contributed by atoms with E-state index in [0.29, 0.717) is 19.3 Å². The van der Waals surface area contributed by atoms with Gasteiger partial charge in [-0.25, -0.2) is 4.79 Å². The van der Waals surface area contributed by atoms with Crippen molar-refractivity contribution in [3.63, 3.8) is 0 Å². The smallest absolute Gasteiger partial charge is 0.315 e. The standard InChI is InChI=1S/C7H12N2O2/c10-7(8-5-1-2-5)9-6-3-11-4-6/h5-6H,1-4H2,(H2,8,9,10). The third-order valence-corrected chi connectivity index (χ3v) is 1.89. The van der Waals surface area contributed by atoms with Crippen LogP contribution in [0, 0.1) is 0 Å². The van der Waals surface area contributed by atoms with Crippen LogP contribution in [-0.4, -0.2) is 31.3 Å². The summed E-state index contributed by atoms with van der Waals surface area (Å²) in [6, 6.07) is 0.644. The largest absolute Gasteiger partial charge is 0.377 e. The normalized spacial score (nSPS) is 24.0. The van der Waals surface area contributed by atoms with Crippen molar-refractivity contribution in [2.24, 2.45) is 0 Å². The van der Waals surface area contributed by atoms with Crippen LogP contribution in [0.2, 0.25) is 0 Å². The molecule has 1 saturated carbocycles. The molecule has 0 spiro atoms. The quantitative estimate of drug-likeness (QED) is 0.584. The average molecular weight is 156 g/mol. The second-order valence-electron chi connectivity index (χ2n) is 3.13. The molecule has 2 rings (SSSR count). The Morgan fingerprint density at radius 1 is 1.18 bits per heavy atom. The lowest BCUT2D eigenvalue weighted by Gasteiger charge is -2.26. The van der Waals surface area contributed by atoms with Gasteiger partial charge in [-0.2, -0.15) is 0 Å². The summed E-state index contributed by atoms with van der Waals surface area (Å²) in [6.07, 6.45) is 2.27. The monoisotopic (exact) mass is 156 g/mol. The van der Waals surface area contributed by atoms with E-state index in [2.05, 4.69) is 10.6 Å². The van der Waals surface area contributed by atoms with Crippen molar-refractivity contribution in [2.75, 3.05) is 13.2 Å². The van der Waals surface area contributed by atoms with Crippen LogP contribution in [0.5, 0.6) is 0 Å². The zero-order chi connectivity index (χ0) is 7.68. The number of amides is 2. The minimum absolute atomic E-state index is 0.0409. The number of rotatable bonds is 2. The number of carbonyl (C=O) groups excluding carboxylic acids is 1. The van der Waals surface area contributed by atoms with Gasteiger partial charge in [0, 0.05) is 6.04 Å². The number of urea groups is 1. The van der Waals surface area contributed by atoms with E-state index < -0.39 is 0 Å². The van der Waals surface area contributed by atoms with Gasteiger partial charge in [-0.3, -0.25) is 0 Å². The van der Waals surface area contributed by atoms with Crippen molar-refractivity contribution in [1.29, 1.82) is 0 Å². The molecule has 4 heteroatoms. The molecular weight excluding hydrogens is 144 g/mol. The molecule has 0 radical (unpaired) electrons. The van der Waals surface area contributed by atoms with E-state index in [1.807, 2.05) is 0 Å². The molecular formula is C7H12N2O2. The predicted octanol–water partition coefficient (Wildman–Crippen LogP) is -0.153. The van der Waals surface area contributed by atoms with Crippen LogP contribution in [0.4, 0.5) is 4.79 Å². The van der Waals surface area contributed by atoms with Gasteiger partial charge in [0.2, 0.25) is 0 Å². The zero-order valence-corrected chi connectivity index (χ0v) is 6.30. The van der Waals surface area contributed by atoms with E-state index in [4.69, 9.17) is 4.74 Å². The van der Waals surface area contributed by atoms with Crippen molar-refractivity contribution >= 4 is 6.03 Å². The Balaban J connectivity index is 1.63. The summed E-state index contributed by atoms with van der Waals surface area (Å²) in [5.41, 5.74) is 0. The highest BCUT2D eigenvalue weighted by Gasteiger charge is 2.26. The molecule has 0 aromatic heterocycles. The van der Waals surface area contributed by atoms with Gasteiger partial charge in [-0.1, -0.05) is 0 Å². The third kappa shape index (κ3) is 1.83. The molecule has 1 heterocycles. The number of hydrogen-bond donors (Lipinski definition) is 2. The molecule has 1 aliphatic heterocycles. The lowest BCUT2D eigenvalue weighted by atomic mass is 10.3. The summed E-state index contributed by atoms with van der Waals surface area (Å²) in [5, 5.41) is 5.66. The first kappa shape index (κ1) is 6.91. The van der Waals surface area contributed by atoms with Crippen LogP contribution < -0.4 is 10.6 Å². The van der Waals surface area contributed by atoms with Crippen LogP contribution >= 0.6 is 0 Å². The molecule has 2 fully saturated rings. The topological polar surface area (TPSA) is 50.4 Å². The van der Waals surface area contributed by atoms with Gasteiger partial charge < -0.3 is 15.4 Å². The Morgan fingerprint density at radius 2 is 1.82 bits per heavy atom. The van der Waals surface area contributed by atoms with Crippen LogP contribution in [0.15, 0.2) is 0 Å². The number of carbonyl (C=O) groups is 1. The van der Waals surface area contributed by atoms with E-state index in [1.165, 1.54) is 0 Å². The van der Waals surface area contributed by atoms with Crippen molar-refractivity contribution in [2.45, 2.75) is 24.9 Å². The number of ether oxygens (including phenoxy) is 1. The lowest BCUT2D eigenvalue weighted by molar-refractivity contribution is -0.0000148. The van der Waals surface area contributed by atoms with Crippen molar-refractivity contribution in [3.8, 4) is 0 Å². The Labute approximate surface area is 65.3 Å². The highest BCUT2D eigenvalue weighted by molar-refractivity contribution is 5.75. The minimum Gasteiger partial charge on any atom is -0.377 e. The average Bonchev–Trinajstić information content (AvgIpc) is 2.62. The maximum atomic E-state index is 11.0. The molecule has 0 unspecified atom stereocenters. The Hall–Kier alpha value is -0.770. The molecule has 1 aliphatic carbocycles. The van der Waals surface area contributed by atoms with Crippen LogP contribution in [-0.2, 0) is 4.74 Å². The molecule has 11 heavy (non-hydrogen) atoms. The van der Waals surface area contributed by atoms with Gasteiger partial charge >= 0.3 is 6.03 Å². The molecule has 1 saturated heterocycles. The summed E-state index contributed by atoms with van der Waals surface area (Å²) in [5.74, 6) is 0. The summed E-state index contributed by atoms with van der Waals surface area (Å²) in [4.78, 5) is 11.0. The van der Waals surface area contributed by atoms with E-state index in [-0.39, 0.29) is 12.1 Å². The number of hydrogen-bond acceptors (Lipinski definition) is 2. The fourth-order valence-corrected chi connectivity index (χ4v) is 0.959.